The first-order valence-corrected chi connectivity index (χ1v) is 7.75. The highest BCUT2D eigenvalue weighted by Gasteiger charge is 2.49. The highest BCUT2D eigenvalue weighted by atomic mass is 35.5. The zero-order valence-electron chi connectivity index (χ0n) is 12.4. The molecule has 6 heteroatoms. The van der Waals surface area contributed by atoms with E-state index >= 15 is 0 Å². The molecule has 0 aliphatic carbocycles. The maximum atomic E-state index is 12.8. The number of carbonyl (C=O) groups is 2. The molecule has 2 heterocycles. The summed E-state index contributed by atoms with van der Waals surface area (Å²) in [6.07, 6.45) is 4.15. The van der Waals surface area contributed by atoms with Crippen molar-refractivity contribution in [2.45, 2.75) is 51.6 Å². The molecule has 1 fully saturated rings. The lowest BCUT2D eigenvalue weighted by Gasteiger charge is -2.34. The lowest BCUT2D eigenvalue weighted by molar-refractivity contribution is -0.148. The van der Waals surface area contributed by atoms with Crippen LogP contribution in [-0.4, -0.2) is 38.5 Å². The Hall–Kier alpha value is -1.49. The molecule has 0 spiro atoms. The molecule has 1 saturated heterocycles. The predicted octanol–water partition coefficient (Wildman–Crippen LogP) is 3.02. The smallest absolute Gasteiger partial charge is 0.329 e. The lowest BCUT2D eigenvalue weighted by Crippen LogP contribution is -2.53. The molecule has 2 rings (SSSR count). The molecule has 21 heavy (non-hydrogen) atoms. The molecule has 1 aromatic heterocycles. The average Bonchev–Trinajstić information content (AvgIpc) is 3.02. The third kappa shape index (κ3) is 2.67. The average molecular weight is 313 g/mol. The van der Waals surface area contributed by atoms with Crippen molar-refractivity contribution >= 4 is 23.5 Å². The van der Waals surface area contributed by atoms with Crippen LogP contribution in [-0.2, 0) is 11.3 Å². The number of nitrogens with zero attached hydrogens (tertiary/aromatic N) is 2. The topological polar surface area (TPSA) is 62.5 Å². The first-order chi connectivity index (χ1) is 9.96. The number of hydrogen-bond acceptors (Lipinski definition) is 2. The van der Waals surface area contributed by atoms with Crippen LogP contribution in [0.25, 0.3) is 0 Å². The summed E-state index contributed by atoms with van der Waals surface area (Å²) in [6, 6.07) is 1.62. The van der Waals surface area contributed by atoms with Gasteiger partial charge in [-0.25, -0.2) is 4.79 Å². The number of hydrogen-bond donors (Lipinski definition) is 1. The van der Waals surface area contributed by atoms with Gasteiger partial charge in [0.1, 0.15) is 11.2 Å². The Morgan fingerprint density at radius 3 is 2.71 bits per heavy atom. The minimum absolute atomic E-state index is 0.239. The molecule has 1 amide bonds. The normalized spacial score (nSPS) is 21.8. The Labute approximate surface area is 129 Å². The molecular weight excluding hydrogens is 292 g/mol. The third-order valence-electron chi connectivity index (χ3n) is 4.22. The van der Waals surface area contributed by atoms with Crippen LogP contribution in [0.5, 0.6) is 0 Å². The van der Waals surface area contributed by atoms with Crippen LogP contribution < -0.4 is 0 Å². The molecule has 1 N–H and O–H groups in total. The molecule has 0 aromatic carbocycles. The summed E-state index contributed by atoms with van der Waals surface area (Å²) in [5.41, 5.74) is -0.604. The second-order valence-corrected chi connectivity index (χ2v) is 5.91. The van der Waals surface area contributed by atoms with Gasteiger partial charge in [-0.1, -0.05) is 24.9 Å². The van der Waals surface area contributed by atoms with Crippen LogP contribution in [0.3, 0.4) is 0 Å². The van der Waals surface area contributed by atoms with E-state index in [0.29, 0.717) is 36.6 Å². The van der Waals surface area contributed by atoms with Crippen molar-refractivity contribution in [1.29, 1.82) is 0 Å². The van der Waals surface area contributed by atoms with Crippen molar-refractivity contribution < 1.29 is 14.7 Å². The van der Waals surface area contributed by atoms with Crippen LogP contribution in [0.4, 0.5) is 0 Å². The number of aryl methyl sites for hydroxylation is 1. The van der Waals surface area contributed by atoms with Gasteiger partial charge in [0.15, 0.2) is 0 Å². The monoisotopic (exact) mass is 312 g/mol. The highest BCUT2D eigenvalue weighted by Crippen LogP contribution is 2.35. The third-order valence-corrected chi connectivity index (χ3v) is 4.43. The highest BCUT2D eigenvalue weighted by molar-refractivity contribution is 6.31. The molecule has 0 bridgehead atoms. The maximum Gasteiger partial charge on any atom is 0.329 e. The Balaban J connectivity index is 2.38. The van der Waals surface area contributed by atoms with Gasteiger partial charge in [-0.05, 0) is 32.3 Å². The Kier molecular flexibility index (Phi) is 4.61. The largest absolute Gasteiger partial charge is 0.479 e. The van der Waals surface area contributed by atoms with Gasteiger partial charge in [-0.15, -0.1) is 0 Å². The Morgan fingerprint density at radius 1 is 1.43 bits per heavy atom. The van der Waals surface area contributed by atoms with Crippen LogP contribution in [0, 0.1) is 0 Å². The predicted molar refractivity (Wildman–Crippen MR) is 80.7 cm³/mol. The van der Waals surface area contributed by atoms with E-state index in [0.717, 1.165) is 12.8 Å². The number of aromatic nitrogens is 1. The van der Waals surface area contributed by atoms with Crippen LogP contribution in [0.15, 0.2) is 12.3 Å². The maximum absolute atomic E-state index is 12.8. The molecule has 116 valence electrons. The Morgan fingerprint density at radius 2 is 2.14 bits per heavy atom. The molecule has 1 aliphatic heterocycles. The van der Waals surface area contributed by atoms with Gasteiger partial charge < -0.3 is 14.6 Å². The minimum atomic E-state index is -1.07. The summed E-state index contributed by atoms with van der Waals surface area (Å²) in [6.45, 7) is 4.97. The van der Waals surface area contributed by atoms with Crippen LogP contribution in [0.2, 0.25) is 5.02 Å². The fourth-order valence-corrected chi connectivity index (χ4v) is 3.45. The standard InChI is InChI=1S/C15H21ClN2O3/c1-3-6-15(14(20)21)7-5-8-18(15)13(19)12-9-11(16)10-17(12)4-2/h9-10H,3-8H2,1-2H3,(H,20,21). The van der Waals surface area contributed by atoms with E-state index in [-0.39, 0.29) is 5.91 Å². The van der Waals surface area contributed by atoms with E-state index in [9.17, 15) is 14.7 Å². The first-order valence-electron chi connectivity index (χ1n) is 7.37. The molecule has 1 aliphatic rings. The van der Waals surface area contributed by atoms with Gasteiger partial charge in [0.2, 0.25) is 0 Å². The van der Waals surface area contributed by atoms with E-state index in [2.05, 4.69) is 0 Å². The summed E-state index contributed by atoms with van der Waals surface area (Å²) in [5, 5.41) is 10.2. The van der Waals surface area contributed by atoms with Gasteiger partial charge in [0.05, 0.1) is 5.02 Å². The zero-order chi connectivity index (χ0) is 15.6. The molecule has 1 atom stereocenters. The lowest BCUT2D eigenvalue weighted by atomic mass is 9.90. The van der Waals surface area contributed by atoms with Crippen molar-refractivity contribution in [1.82, 2.24) is 9.47 Å². The minimum Gasteiger partial charge on any atom is -0.479 e. The second kappa shape index (κ2) is 6.10. The SMILES string of the molecule is CCCC1(C(=O)O)CCCN1C(=O)c1cc(Cl)cn1CC. The van der Waals surface area contributed by atoms with E-state index < -0.39 is 11.5 Å². The van der Waals surface area contributed by atoms with Gasteiger partial charge >= 0.3 is 5.97 Å². The Bertz CT molecular complexity index is 555. The number of rotatable bonds is 5. The quantitative estimate of drug-likeness (QED) is 0.909. The second-order valence-electron chi connectivity index (χ2n) is 5.48. The number of halogens is 1. The molecule has 5 nitrogen and oxygen atoms in total. The summed E-state index contributed by atoms with van der Waals surface area (Å²) >= 11 is 5.98. The van der Waals surface area contributed by atoms with Crippen molar-refractivity contribution in [3.8, 4) is 0 Å². The number of carbonyl (C=O) groups excluding carboxylic acids is 1. The molecule has 0 saturated carbocycles. The zero-order valence-corrected chi connectivity index (χ0v) is 13.2. The van der Waals surface area contributed by atoms with Gasteiger partial charge in [-0.3, -0.25) is 4.79 Å². The summed E-state index contributed by atoms with van der Waals surface area (Å²) < 4.78 is 1.77. The van der Waals surface area contributed by atoms with Crippen molar-refractivity contribution in [2.75, 3.05) is 6.54 Å². The van der Waals surface area contributed by atoms with E-state index in [1.807, 2.05) is 13.8 Å². The fourth-order valence-electron chi connectivity index (χ4n) is 3.23. The van der Waals surface area contributed by atoms with E-state index in [1.54, 1.807) is 16.8 Å². The number of carboxylic acid groups (broad SMARTS) is 1. The van der Waals surface area contributed by atoms with Crippen LogP contribution >= 0.6 is 11.6 Å². The molecular formula is C15H21ClN2O3. The van der Waals surface area contributed by atoms with E-state index in [4.69, 9.17) is 11.6 Å². The summed E-state index contributed by atoms with van der Waals surface area (Å²) in [4.78, 5) is 26.1. The molecule has 1 aromatic rings. The number of carboxylic acids is 1. The van der Waals surface area contributed by atoms with Gasteiger partial charge in [-0.2, -0.15) is 0 Å². The summed E-state index contributed by atoms with van der Waals surface area (Å²) in [7, 11) is 0. The molecule has 0 radical (unpaired) electrons. The van der Waals surface area contributed by atoms with Gasteiger partial charge in [0.25, 0.3) is 5.91 Å². The number of aliphatic carboxylic acids is 1. The van der Waals surface area contributed by atoms with Crippen molar-refractivity contribution in [2.24, 2.45) is 0 Å². The summed E-state index contributed by atoms with van der Waals surface area (Å²) in [5.74, 6) is -1.15. The first kappa shape index (κ1) is 15.9. The van der Waals surface area contributed by atoms with Crippen LogP contribution in [0.1, 0.15) is 50.0 Å². The number of likely N-dealkylation sites (tertiary alicyclic amines) is 1. The molecule has 1 unspecified atom stereocenters. The number of amides is 1. The van der Waals surface area contributed by atoms with Gasteiger partial charge in [0, 0.05) is 19.3 Å². The van der Waals surface area contributed by atoms with Crippen molar-refractivity contribution in [3.63, 3.8) is 0 Å². The fraction of sp³-hybridized carbons (Fsp3) is 0.600. The van der Waals surface area contributed by atoms with Crippen molar-refractivity contribution in [3.05, 3.63) is 23.0 Å². The van der Waals surface area contributed by atoms with E-state index in [1.165, 1.54) is 4.90 Å².